The molecule has 1 amide bonds. The van der Waals surface area contributed by atoms with E-state index >= 15 is 0 Å². The smallest absolute Gasteiger partial charge is 0.239 e. The number of aromatic nitrogens is 3. The lowest BCUT2D eigenvalue weighted by Gasteiger charge is -2.45. The summed E-state index contributed by atoms with van der Waals surface area (Å²) in [7, 11) is 0. The van der Waals surface area contributed by atoms with Crippen molar-refractivity contribution in [2.24, 2.45) is 0 Å². The summed E-state index contributed by atoms with van der Waals surface area (Å²) in [4.78, 5) is 18.5. The van der Waals surface area contributed by atoms with E-state index in [1.807, 2.05) is 60.7 Å². The number of rotatable bonds is 3. The number of anilines is 1. The van der Waals surface area contributed by atoms with Gasteiger partial charge in [-0.05, 0) is 11.1 Å². The van der Waals surface area contributed by atoms with Crippen molar-refractivity contribution in [1.82, 2.24) is 15.2 Å². The van der Waals surface area contributed by atoms with Crippen molar-refractivity contribution in [3.63, 3.8) is 0 Å². The minimum absolute atomic E-state index is 0.0387. The maximum atomic E-state index is 12.7. The van der Waals surface area contributed by atoms with E-state index in [1.165, 1.54) is 6.33 Å². The molecule has 108 valence electrons. The molecule has 2 unspecified atom stereocenters. The molecule has 0 aliphatic carbocycles. The van der Waals surface area contributed by atoms with Gasteiger partial charge in [-0.25, -0.2) is 5.10 Å². The molecular formula is C17H14N4O. The van der Waals surface area contributed by atoms with Gasteiger partial charge in [0.05, 0.1) is 12.0 Å². The molecule has 0 bridgehead atoms. The van der Waals surface area contributed by atoms with Gasteiger partial charge in [-0.2, -0.15) is 10.1 Å². The van der Waals surface area contributed by atoms with E-state index in [2.05, 4.69) is 15.2 Å². The largest absolute Gasteiger partial charge is 0.274 e. The van der Waals surface area contributed by atoms with Gasteiger partial charge in [0.2, 0.25) is 11.9 Å². The van der Waals surface area contributed by atoms with Crippen molar-refractivity contribution in [1.29, 1.82) is 0 Å². The Kier molecular flexibility index (Phi) is 2.96. The number of nitrogens with zero attached hydrogens (tertiary/aromatic N) is 3. The van der Waals surface area contributed by atoms with E-state index in [0.29, 0.717) is 5.95 Å². The van der Waals surface area contributed by atoms with Crippen LogP contribution >= 0.6 is 0 Å². The molecule has 4 rings (SSSR count). The number of H-pyrrole nitrogens is 1. The van der Waals surface area contributed by atoms with Crippen molar-refractivity contribution in [3.8, 4) is 0 Å². The lowest BCUT2D eigenvalue weighted by Crippen LogP contribution is -2.54. The van der Waals surface area contributed by atoms with E-state index in [-0.39, 0.29) is 17.9 Å². The third kappa shape index (κ3) is 1.90. The van der Waals surface area contributed by atoms with Crippen LogP contribution in [0.2, 0.25) is 0 Å². The molecule has 0 saturated carbocycles. The van der Waals surface area contributed by atoms with Crippen molar-refractivity contribution < 1.29 is 4.79 Å². The first-order valence-electron chi connectivity index (χ1n) is 7.14. The lowest BCUT2D eigenvalue weighted by molar-refractivity contribution is -0.126. The summed E-state index contributed by atoms with van der Waals surface area (Å²) in [5.41, 5.74) is 2.12. The second-order valence-corrected chi connectivity index (χ2v) is 5.26. The number of hydrogen-bond acceptors (Lipinski definition) is 3. The van der Waals surface area contributed by atoms with Crippen LogP contribution in [0, 0.1) is 0 Å². The number of carbonyl (C=O) groups excluding carboxylic acids is 1. The van der Waals surface area contributed by atoms with Crippen LogP contribution < -0.4 is 4.90 Å². The van der Waals surface area contributed by atoms with E-state index < -0.39 is 0 Å². The van der Waals surface area contributed by atoms with E-state index in [4.69, 9.17) is 0 Å². The molecule has 22 heavy (non-hydrogen) atoms. The molecule has 5 nitrogen and oxygen atoms in total. The van der Waals surface area contributed by atoms with Gasteiger partial charge < -0.3 is 0 Å². The first-order chi connectivity index (χ1) is 10.9. The summed E-state index contributed by atoms with van der Waals surface area (Å²) in [5.74, 6) is 0.344. The van der Waals surface area contributed by atoms with Crippen LogP contribution in [0.25, 0.3) is 0 Å². The Morgan fingerprint density at radius 3 is 2.14 bits per heavy atom. The fourth-order valence-electron chi connectivity index (χ4n) is 3.02. The van der Waals surface area contributed by atoms with Crippen LogP contribution in [0.1, 0.15) is 23.1 Å². The highest BCUT2D eigenvalue weighted by Crippen LogP contribution is 2.47. The third-order valence-corrected chi connectivity index (χ3v) is 4.03. The zero-order chi connectivity index (χ0) is 14.9. The standard InChI is InChI=1S/C17H14N4O/c22-16-14(12-7-3-1-4-8-12)15(13-9-5-2-6-10-13)21(16)17-18-11-19-20-17/h1-11,14-15H,(H,18,19,20). The number of hydrogen-bond donors (Lipinski definition) is 1. The number of carbonyl (C=O) groups is 1. The molecule has 1 aliphatic heterocycles. The van der Waals surface area contributed by atoms with E-state index in [1.54, 1.807) is 4.90 Å². The Morgan fingerprint density at radius 2 is 1.55 bits per heavy atom. The van der Waals surface area contributed by atoms with Crippen LogP contribution in [0.5, 0.6) is 0 Å². The molecule has 2 heterocycles. The molecule has 1 N–H and O–H groups in total. The molecule has 1 aliphatic rings. The summed E-state index contributed by atoms with van der Waals surface area (Å²) < 4.78 is 0. The molecule has 1 fully saturated rings. The van der Waals surface area contributed by atoms with Gasteiger partial charge in [0, 0.05) is 0 Å². The highest BCUT2D eigenvalue weighted by atomic mass is 16.2. The number of β-lactam (4-membered cyclic amide) rings is 1. The Balaban J connectivity index is 1.78. The average Bonchev–Trinajstić information content (AvgIpc) is 3.08. The molecular weight excluding hydrogens is 276 g/mol. The summed E-state index contributed by atoms with van der Waals surface area (Å²) >= 11 is 0. The minimum Gasteiger partial charge on any atom is -0.274 e. The maximum absolute atomic E-state index is 12.7. The summed E-state index contributed by atoms with van der Waals surface area (Å²) in [6, 6.07) is 19.8. The molecule has 1 aromatic heterocycles. The summed E-state index contributed by atoms with van der Waals surface area (Å²) in [5, 5.41) is 6.64. The zero-order valence-corrected chi connectivity index (χ0v) is 11.8. The monoisotopic (exact) mass is 290 g/mol. The van der Waals surface area contributed by atoms with Crippen molar-refractivity contribution in [3.05, 3.63) is 78.1 Å². The fraction of sp³-hybridized carbons (Fsp3) is 0.118. The number of benzene rings is 2. The van der Waals surface area contributed by atoms with Gasteiger partial charge in [0.1, 0.15) is 6.33 Å². The molecule has 1 saturated heterocycles. The van der Waals surface area contributed by atoms with Crippen molar-refractivity contribution in [2.45, 2.75) is 12.0 Å². The van der Waals surface area contributed by atoms with Gasteiger partial charge in [-0.1, -0.05) is 60.7 Å². The van der Waals surface area contributed by atoms with Gasteiger partial charge in [0.15, 0.2) is 0 Å². The van der Waals surface area contributed by atoms with Crippen LogP contribution in [-0.4, -0.2) is 21.1 Å². The maximum Gasteiger partial charge on any atom is 0.239 e. The topological polar surface area (TPSA) is 61.9 Å². The Hall–Kier alpha value is -2.95. The van der Waals surface area contributed by atoms with Crippen molar-refractivity contribution >= 4 is 11.9 Å². The molecule has 3 aromatic rings. The van der Waals surface area contributed by atoms with Crippen LogP contribution in [0.3, 0.4) is 0 Å². The Morgan fingerprint density at radius 1 is 0.909 bits per heavy atom. The quantitative estimate of drug-likeness (QED) is 0.754. The molecule has 2 aromatic carbocycles. The fourth-order valence-corrected chi connectivity index (χ4v) is 3.02. The molecule has 5 heteroatoms. The Bertz CT molecular complexity index is 771. The van der Waals surface area contributed by atoms with Crippen LogP contribution in [0.15, 0.2) is 67.0 Å². The SMILES string of the molecule is O=C1C(c2ccccc2)C(c2ccccc2)N1c1ncn[nH]1. The van der Waals surface area contributed by atoms with Gasteiger partial charge in [-0.3, -0.25) is 9.69 Å². The predicted octanol–water partition coefficient (Wildman–Crippen LogP) is 2.68. The van der Waals surface area contributed by atoms with Crippen LogP contribution in [-0.2, 0) is 4.79 Å². The first-order valence-corrected chi connectivity index (χ1v) is 7.14. The van der Waals surface area contributed by atoms with Gasteiger partial charge in [-0.15, -0.1) is 0 Å². The minimum atomic E-state index is -0.186. The average molecular weight is 290 g/mol. The Labute approximate surface area is 127 Å². The summed E-state index contributed by atoms with van der Waals surface area (Å²) in [6.45, 7) is 0. The zero-order valence-electron chi connectivity index (χ0n) is 11.8. The normalized spacial score (nSPS) is 20.7. The second kappa shape index (κ2) is 5.11. The van der Waals surface area contributed by atoms with E-state index in [0.717, 1.165) is 11.1 Å². The number of amides is 1. The number of aromatic amines is 1. The third-order valence-electron chi connectivity index (χ3n) is 4.03. The molecule has 0 radical (unpaired) electrons. The van der Waals surface area contributed by atoms with Crippen molar-refractivity contribution in [2.75, 3.05) is 4.90 Å². The highest BCUT2D eigenvalue weighted by Gasteiger charge is 2.50. The summed E-state index contributed by atoms with van der Waals surface area (Å²) in [6.07, 6.45) is 1.42. The molecule has 2 atom stereocenters. The van der Waals surface area contributed by atoms with Crippen LogP contribution in [0.4, 0.5) is 5.95 Å². The predicted molar refractivity (Wildman–Crippen MR) is 82.2 cm³/mol. The first kappa shape index (κ1) is 12.8. The van der Waals surface area contributed by atoms with E-state index in [9.17, 15) is 4.79 Å². The van der Waals surface area contributed by atoms with Gasteiger partial charge in [0.25, 0.3) is 0 Å². The highest BCUT2D eigenvalue weighted by molar-refractivity contribution is 6.05. The second-order valence-electron chi connectivity index (χ2n) is 5.26. The molecule has 0 spiro atoms. The number of nitrogens with one attached hydrogen (secondary N) is 1. The van der Waals surface area contributed by atoms with Gasteiger partial charge >= 0.3 is 0 Å². The lowest BCUT2D eigenvalue weighted by atomic mass is 9.78.